The molecule has 2 aromatic carbocycles. The molecule has 0 aliphatic rings. The van der Waals surface area contributed by atoms with Gasteiger partial charge in [0.25, 0.3) is 15.9 Å². The van der Waals surface area contributed by atoms with Crippen molar-refractivity contribution in [2.24, 2.45) is 0 Å². The molecule has 4 N–H and O–H groups in total. The molecule has 12 heteroatoms. The van der Waals surface area contributed by atoms with Crippen molar-refractivity contribution in [1.29, 1.82) is 0 Å². The third-order valence-electron chi connectivity index (χ3n) is 3.61. The number of aromatic carboxylic acids is 1. The highest BCUT2D eigenvalue weighted by atomic mass is 35.5. The van der Waals surface area contributed by atoms with Crippen molar-refractivity contribution in [2.75, 3.05) is 11.9 Å². The number of sulfonamides is 1. The van der Waals surface area contributed by atoms with Crippen molar-refractivity contribution in [3.63, 3.8) is 0 Å². The van der Waals surface area contributed by atoms with Crippen LogP contribution in [0.3, 0.4) is 0 Å². The van der Waals surface area contributed by atoms with Crippen LogP contribution < -0.4 is 20.3 Å². The van der Waals surface area contributed by atoms with Gasteiger partial charge < -0.3 is 15.2 Å². The smallest absolute Gasteiger partial charge is 0.335 e. The molecule has 10 nitrogen and oxygen atoms in total. The van der Waals surface area contributed by atoms with Gasteiger partial charge in [0.15, 0.2) is 0 Å². The minimum Gasteiger partial charge on any atom is -0.493 e. The van der Waals surface area contributed by atoms with Gasteiger partial charge in [0.05, 0.1) is 22.8 Å². The summed E-state index contributed by atoms with van der Waals surface area (Å²) < 4.78 is 30.3. The van der Waals surface area contributed by atoms with Gasteiger partial charge >= 0.3 is 5.97 Å². The summed E-state index contributed by atoms with van der Waals surface area (Å²) in [4.78, 5) is 36.1. The Morgan fingerprint density at radius 1 is 1.13 bits per heavy atom. The van der Waals surface area contributed by atoms with E-state index in [1.54, 1.807) is 6.92 Å². The summed E-state index contributed by atoms with van der Waals surface area (Å²) in [5.74, 6) is -2.39. The average molecular weight is 456 g/mol. The minimum absolute atomic E-state index is 0.000893. The van der Waals surface area contributed by atoms with E-state index in [1.165, 1.54) is 25.1 Å². The van der Waals surface area contributed by atoms with E-state index >= 15 is 0 Å². The number of hydrogen-bond acceptors (Lipinski definition) is 6. The first-order valence-electron chi connectivity index (χ1n) is 8.44. The van der Waals surface area contributed by atoms with Crippen LogP contribution in [0.5, 0.6) is 5.75 Å². The number of hydrogen-bond donors (Lipinski definition) is 4. The number of anilines is 1. The van der Waals surface area contributed by atoms with Crippen LogP contribution >= 0.6 is 11.6 Å². The Labute approximate surface area is 177 Å². The second-order valence-electron chi connectivity index (χ2n) is 5.84. The fourth-order valence-corrected chi connectivity index (χ4v) is 3.71. The van der Waals surface area contributed by atoms with Gasteiger partial charge in [-0.1, -0.05) is 11.6 Å². The molecule has 2 aromatic rings. The van der Waals surface area contributed by atoms with Gasteiger partial charge in [-0.05, 0) is 37.3 Å². The predicted molar refractivity (Wildman–Crippen MR) is 108 cm³/mol. The van der Waals surface area contributed by atoms with Crippen LogP contribution in [-0.4, -0.2) is 37.9 Å². The number of carboxylic acids is 1. The Bertz CT molecular complexity index is 1100. The molecule has 0 fully saturated rings. The first-order chi connectivity index (χ1) is 14.0. The van der Waals surface area contributed by atoms with Gasteiger partial charge in [0.1, 0.15) is 10.6 Å². The third kappa shape index (κ3) is 5.69. The molecule has 0 aliphatic heterocycles. The number of benzene rings is 2. The maximum atomic E-state index is 12.5. The maximum absolute atomic E-state index is 12.5. The molecule has 0 aromatic heterocycles. The highest BCUT2D eigenvalue weighted by Gasteiger charge is 2.22. The highest BCUT2D eigenvalue weighted by Crippen LogP contribution is 2.25. The van der Waals surface area contributed by atoms with Gasteiger partial charge in [-0.2, -0.15) is 0 Å². The lowest BCUT2D eigenvalue weighted by Crippen LogP contribution is -2.41. The van der Waals surface area contributed by atoms with Crippen molar-refractivity contribution in [3.8, 4) is 5.75 Å². The molecular formula is C18H18ClN3O7S. The fraction of sp³-hybridized carbons (Fsp3) is 0.167. The van der Waals surface area contributed by atoms with Crippen molar-refractivity contribution < 1.29 is 32.6 Å². The minimum atomic E-state index is -4.37. The number of amides is 2. The van der Waals surface area contributed by atoms with Crippen LogP contribution in [0, 0.1) is 0 Å². The SMILES string of the molecule is CCOc1cc(NC(C)=O)ccc1C(=O)NNS(=O)(=O)c1cc(C(=O)O)ccc1Cl. The standard InChI is InChI=1S/C18H18ClN3O7S/c1-3-29-15-9-12(20-10(2)23)5-6-13(15)17(24)21-22-30(27,28)16-8-11(18(25)26)4-7-14(16)19/h4-9,22H,3H2,1-2H3,(H,20,23)(H,21,24)(H,25,26). The zero-order chi connectivity index (χ0) is 22.5. The van der Waals surface area contributed by atoms with E-state index < -0.39 is 26.8 Å². The van der Waals surface area contributed by atoms with E-state index in [4.69, 9.17) is 21.4 Å². The second kappa shape index (κ2) is 9.57. The summed E-state index contributed by atoms with van der Waals surface area (Å²) >= 11 is 5.86. The third-order valence-corrected chi connectivity index (χ3v) is 5.34. The Hall–Kier alpha value is -3.15. The largest absolute Gasteiger partial charge is 0.493 e. The van der Waals surface area contributed by atoms with Crippen molar-refractivity contribution in [3.05, 3.63) is 52.5 Å². The molecule has 2 rings (SSSR count). The molecule has 160 valence electrons. The Morgan fingerprint density at radius 3 is 2.43 bits per heavy atom. The van der Waals surface area contributed by atoms with Gasteiger partial charge in [0, 0.05) is 18.7 Å². The number of carboxylic acid groups (broad SMARTS) is 1. The number of ether oxygens (including phenoxy) is 1. The summed E-state index contributed by atoms with van der Waals surface area (Å²) in [5.41, 5.74) is 2.12. The second-order valence-corrected chi connectivity index (χ2v) is 7.89. The number of carbonyl (C=O) groups is 3. The molecule has 0 saturated carbocycles. The molecule has 0 radical (unpaired) electrons. The quantitative estimate of drug-likeness (QED) is 0.444. The molecule has 0 saturated heterocycles. The van der Waals surface area contributed by atoms with Crippen molar-refractivity contribution in [2.45, 2.75) is 18.7 Å². The Morgan fingerprint density at radius 2 is 1.83 bits per heavy atom. The van der Waals surface area contributed by atoms with Gasteiger partial charge in [-0.25, -0.2) is 13.2 Å². The number of nitrogens with one attached hydrogen (secondary N) is 3. The molecule has 0 spiro atoms. The summed E-state index contributed by atoms with van der Waals surface area (Å²) in [5, 5.41) is 11.3. The van der Waals surface area contributed by atoms with Crippen LogP contribution in [0.1, 0.15) is 34.6 Å². The number of hydrazine groups is 1. The molecule has 0 heterocycles. The topological polar surface area (TPSA) is 151 Å². The maximum Gasteiger partial charge on any atom is 0.335 e. The summed E-state index contributed by atoms with van der Waals surface area (Å²) in [6.45, 7) is 3.22. The van der Waals surface area contributed by atoms with Crippen LogP contribution in [0.2, 0.25) is 5.02 Å². The highest BCUT2D eigenvalue weighted by molar-refractivity contribution is 7.89. The summed E-state index contributed by atoms with van der Waals surface area (Å²) in [6, 6.07) is 7.34. The van der Waals surface area contributed by atoms with Crippen LogP contribution in [0.4, 0.5) is 5.69 Å². The average Bonchev–Trinajstić information content (AvgIpc) is 2.66. The Balaban J connectivity index is 2.25. The van der Waals surface area contributed by atoms with E-state index in [9.17, 15) is 22.8 Å². The van der Waals surface area contributed by atoms with Gasteiger partial charge in [-0.15, -0.1) is 4.83 Å². The molecule has 0 aliphatic carbocycles. The lowest BCUT2D eigenvalue weighted by Gasteiger charge is -2.14. The predicted octanol–water partition coefficient (Wildman–Crippen LogP) is 2.02. The van der Waals surface area contributed by atoms with E-state index in [0.717, 1.165) is 18.2 Å². The van der Waals surface area contributed by atoms with Crippen LogP contribution in [0.25, 0.3) is 0 Å². The number of carbonyl (C=O) groups excluding carboxylic acids is 2. The zero-order valence-electron chi connectivity index (χ0n) is 15.9. The van der Waals surface area contributed by atoms with Crippen molar-refractivity contribution >= 4 is 45.1 Å². The monoisotopic (exact) mass is 455 g/mol. The number of halogens is 1. The lowest BCUT2D eigenvalue weighted by atomic mass is 10.1. The van der Waals surface area contributed by atoms with Crippen LogP contribution in [-0.2, 0) is 14.8 Å². The van der Waals surface area contributed by atoms with Gasteiger partial charge in [0.2, 0.25) is 5.91 Å². The van der Waals surface area contributed by atoms with Gasteiger partial charge in [-0.3, -0.25) is 15.0 Å². The molecular weight excluding hydrogens is 438 g/mol. The molecule has 2 amide bonds. The fourth-order valence-electron chi connectivity index (χ4n) is 2.34. The van der Waals surface area contributed by atoms with E-state index in [1.807, 2.05) is 10.3 Å². The van der Waals surface area contributed by atoms with E-state index in [-0.39, 0.29) is 34.4 Å². The summed E-state index contributed by atoms with van der Waals surface area (Å²) in [6.07, 6.45) is 0. The van der Waals surface area contributed by atoms with Crippen molar-refractivity contribution in [1.82, 2.24) is 10.3 Å². The van der Waals surface area contributed by atoms with E-state index in [2.05, 4.69) is 5.32 Å². The Kier molecular flexibility index (Phi) is 7.38. The molecule has 0 bridgehead atoms. The first-order valence-corrected chi connectivity index (χ1v) is 10.3. The van der Waals surface area contributed by atoms with E-state index in [0.29, 0.717) is 5.69 Å². The molecule has 0 unspecified atom stereocenters. The first kappa shape index (κ1) is 23.1. The zero-order valence-corrected chi connectivity index (χ0v) is 17.4. The number of rotatable bonds is 8. The summed E-state index contributed by atoms with van der Waals surface area (Å²) in [7, 11) is -4.37. The molecule has 0 atom stereocenters. The lowest BCUT2D eigenvalue weighted by molar-refractivity contribution is -0.114. The van der Waals surface area contributed by atoms with Crippen LogP contribution in [0.15, 0.2) is 41.3 Å². The normalized spacial score (nSPS) is 10.9. The molecule has 30 heavy (non-hydrogen) atoms.